The fourth-order valence-electron chi connectivity index (χ4n) is 3.23. The molecule has 1 aromatic carbocycles. The maximum absolute atomic E-state index is 6.07. The average Bonchev–Trinajstić information content (AvgIpc) is 2.81. The second-order valence-electron chi connectivity index (χ2n) is 5.52. The molecule has 0 saturated heterocycles. The van der Waals surface area contributed by atoms with Gasteiger partial charge in [0.1, 0.15) is 0 Å². The second kappa shape index (κ2) is 4.39. The average molecular weight is 244 g/mol. The van der Waals surface area contributed by atoms with Gasteiger partial charge in [0.05, 0.1) is 5.69 Å². The smallest absolute Gasteiger partial charge is 0.167 e. The SMILES string of the molecule is Cc1noc2cc(C3(CN)CCCCC3)ccc12. The van der Waals surface area contributed by atoms with Gasteiger partial charge in [-0.3, -0.25) is 0 Å². The Morgan fingerprint density at radius 1 is 1.28 bits per heavy atom. The summed E-state index contributed by atoms with van der Waals surface area (Å²) in [6.07, 6.45) is 6.30. The minimum atomic E-state index is 0.160. The van der Waals surface area contributed by atoms with E-state index in [-0.39, 0.29) is 5.41 Å². The van der Waals surface area contributed by atoms with E-state index in [4.69, 9.17) is 10.3 Å². The van der Waals surface area contributed by atoms with Crippen molar-refractivity contribution in [3.8, 4) is 0 Å². The molecule has 0 bridgehead atoms. The van der Waals surface area contributed by atoms with Crippen LogP contribution in [-0.2, 0) is 5.41 Å². The summed E-state index contributed by atoms with van der Waals surface area (Å²) in [5.74, 6) is 0. The van der Waals surface area contributed by atoms with Crippen molar-refractivity contribution in [2.75, 3.05) is 6.54 Å². The first-order valence-electron chi connectivity index (χ1n) is 6.82. The standard InChI is InChI=1S/C15H20N2O/c1-11-13-6-5-12(9-14(13)18-17-11)15(10-16)7-3-2-4-8-15/h5-6,9H,2-4,7-8,10,16H2,1H3. The third-order valence-electron chi connectivity index (χ3n) is 4.47. The minimum Gasteiger partial charge on any atom is -0.356 e. The van der Waals surface area contributed by atoms with Crippen LogP contribution in [-0.4, -0.2) is 11.7 Å². The summed E-state index contributed by atoms with van der Waals surface area (Å²) in [7, 11) is 0. The fraction of sp³-hybridized carbons (Fsp3) is 0.533. The minimum absolute atomic E-state index is 0.160. The third-order valence-corrected chi connectivity index (χ3v) is 4.47. The molecule has 0 unspecified atom stereocenters. The van der Waals surface area contributed by atoms with Crippen molar-refractivity contribution < 1.29 is 4.52 Å². The maximum atomic E-state index is 6.07. The summed E-state index contributed by atoms with van der Waals surface area (Å²) in [4.78, 5) is 0. The summed E-state index contributed by atoms with van der Waals surface area (Å²) in [6.45, 7) is 2.70. The molecule has 1 aliphatic carbocycles. The van der Waals surface area contributed by atoms with Gasteiger partial charge in [-0.1, -0.05) is 30.5 Å². The van der Waals surface area contributed by atoms with E-state index in [0.29, 0.717) is 0 Å². The van der Waals surface area contributed by atoms with Gasteiger partial charge in [0.25, 0.3) is 0 Å². The normalized spacial score (nSPS) is 19.2. The van der Waals surface area contributed by atoms with Gasteiger partial charge in [0, 0.05) is 17.3 Å². The van der Waals surface area contributed by atoms with E-state index >= 15 is 0 Å². The Labute approximate surface area is 107 Å². The predicted octanol–water partition coefficient (Wildman–Crippen LogP) is 3.30. The van der Waals surface area contributed by atoms with E-state index in [2.05, 4.69) is 23.4 Å². The summed E-state index contributed by atoms with van der Waals surface area (Å²) in [5.41, 5.74) is 9.41. The van der Waals surface area contributed by atoms with Crippen LogP contribution in [0.1, 0.15) is 43.4 Å². The molecule has 96 valence electrons. The van der Waals surface area contributed by atoms with Gasteiger partial charge in [-0.25, -0.2) is 0 Å². The van der Waals surface area contributed by atoms with Crippen molar-refractivity contribution in [3.63, 3.8) is 0 Å². The lowest BCUT2D eigenvalue weighted by Gasteiger charge is -2.36. The molecule has 0 spiro atoms. The molecule has 0 atom stereocenters. The fourth-order valence-corrected chi connectivity index (χ4v) is 3.23. The molecular formula is C15H20N2O. The van der Waals surface area contributed by atoms with Gasteiger partial charge >= 0.3 is 0 Å². The lowest BCUT2D eigenvalue weighted by atomic mass is 9.69. The summed E-state index contributed by atoms with van der Waals surface area (Å²) >= 11 is 0. The van der Waals surface area contributed by atoms with Gasteiger partial charge in [0.15, 0.2) is 5.58 Å². The van der Waals surface area contributed by atoms with Crippen molar-refractivity contribution in [1.82, 2.24) is 5.16 Å². The first kappa shape index (κ1) is 11.7. The number of nitrogens with zero attached hydrogens (tertiary/aromatic N) is 1. The van der Waals surface area contributed by atoms with Gasteiger partial charge in [0.2, 0.25) is 0 Å². The maximum Gasteiger partial charge on any atom is 0.167 e. The van der Waals surface area contributed by atoms with Crippen molar-refractivity contribution in [1.29, 1.82) is 0 Å². The van der Waals surface area contributed by atoms with Crippen LogP contribution in [0.25, 0.3) is 11.0 Å². The molecule has 0 radical (unpaired) electrons. The Morgan fingerprint density at radius 3 is 2.78 bits per heavy atom. The molecule has 1 saturated carbocycles. The van der Waals surface area contributed by atoms with E-state index < -0.39 is 0 Å². The quantitative estimate of drug-likeness (QED) is 0.881. The highest BCUT2D eigenvalue weighted by atomic mass is 16.5. The zero-order valence-electron chi connectivity index (χ0n) is 10.9. The highest BCUT2D eigenvalue weighted by molar-refractivity contribution is 5.80. The first-order valence-corrected chi connectivity index (χ1v) is 6.82. The van der Waals surface area contributed by atoms with E-state index in [0.717, 1.165) is 23.2 Å². The van der Waals surface area contributed by atoms with Crippen molar-refractivity contribution >= 4 is 11.0 Å². The van der Waals surface area contributed by atoms with Crippen molar-refractivity contribution in [2.45, 2.75) is 44.4 Å². The molecular weight excluding hydrogens is 224 g/mol. The molecule has 18 heavy (non-hydrogen) atoms. The molecule has 2 N–H and O–H groups in total. The van der Waals surface area contributed by atoms with Crippen molar-refractivity contribution in [3.05, 3.63) is 29.5 Å². The molecule has 3 rings (SSSR count). The zero-order valence-corrected chi connectivity index (χ0v) is 10.9. The number of hydrogen-bond acceptors (Lipinski definition) is 3. The van der Waals surface area contributed by atoms with Crippen LogP contribution in [0.5, 0.6) is 0 Å². The predicted molar refractivity (Wildman–Crippen MR) is 72.6 cm³/mol. The molecule has 3 nitrogen and oxygen atoms in total. The molecule has 1 heterocycles. The number of aryl methyl sites for hydroxylation is 1. The Balaban J connectivity index is 2.06. The first-order chi connectivity index (χ1) is 8.75. The van der Waals surface area contributed by atoms with E-state index in [1.165, 1.54) is 37.7 Å². The van der Waals surface area contributed by atoms with Gasteiger partial charge in [-0.15, -0.1) is 0 Å². The molecule has 1 fully saturated rings. The third kappa shape index (κ3) is 1.74. The monoisotopic (exact) mass is 244 g/mol. The zero-order chi connectivity index (χ0) is 12.6. The second-order valence-corrected chi connectivity index (χ2v) is 5.52. The molecule has 1 aliphatic rings. The topological polar surface area (TPSA) is 52.0 Å². The van der Waals surface area contributed by atoms with Gasteiger partial charge in [-0.05, 0) is 37.5 Å². The Hall–Kier alpha value is -1.35. The van der Waals surface area contributed by atoms with Crippen LogP contribution in [0.2, 0.25) is 0 Å². The van der Waals surface area contributed by atoms with Crippen LogP contribution in [0, 0.1) is 6.92 Å². The molecule has 2 aromatic rings. The van der Waals surface area contributed by atoms with Crippen LogP contribution >= 0.6 is 0 Å². The van der Waals surface area contributed by atoms with Crippen LogP contribution < -0.4 is 5.73 Å². The lowest BCUT2D eigenvalue weighted by molar-refractivity contribution is 0.300. The Bertz CT molecular complexity index is 553. The number of hydrogen-bond donors (Lipinski definition) is 1. The molecule has 0 amide bonds. The lowest BCUT2D eigenvalue weighted by Crippen LogP contribution is -2.37. The van der Waals surface area contributed by atoms with Gasteiger partial charge in [-0.2, -0.15) is 0 Å². The van der Waals surface area contributed by atoms with Crippen molar-refractivity contribution in [2.24, 2.45) is 5.73 Å². The number of nitrogens with two attached hydrogens (primary N) is 1. The summed E-state index contributed by atoms with van der Waals surface area (Å²) in [6, 6.07) is 6.49. The number of fused-ring (bicyclic) bond motifs is 1. The number of aromatic nitrogens is 1. The van der Waals surface area contributed by atoms with Crippen LogP contribution in [0.15, 0.2) is 22.7 Å². The molecule has 1 aromatic heterocycles. The Kier molecular flexibility index (Phi) is 2.86. The van der Waals surface area contributed by atoms with Crippen LogP contribution in [0.4, 0.5) is 0 Å². The number of rotatable bonds is 2. The van der Waals surface area contributed by atoms with Crippen LogP contribution in [0.3, 0.4) is 0 Å². The largest absolute Gasteiger partial charge is 0.356 e. The van der Waals surface area contributed by atoms with Gasteiger partial charge < -0.3 is 10.3 Å². The van der Waals surface area contributed by atoms with E-state index in [9.17, 15) is 0 Å². The summed E-state index contributed by atoms with van der Waals surface area (Å²) < 4.78 is 5.38. The summed E-state index contributed by atoms with van der Waals surface area (Å²) in [5, 5.41) is 5.14. The van der Waals surface area contributed by atoms with E-state index in [1.807, 2.05) is 6.92 Å². The highest BCUT2D eigenvalue weighted by Crippen LogP contribution is 2.39. The Morgan fingerprint density at radius 2 is 2.06 bits per heavy atom. The molecule has 0 aliphatic heterocycles. The highest BCUT2D eigenvalue weighted by Gasteiger charge is 2.32. The van der Waals surface area contributed by atoms with E-state index in [1.54, 1.807) is 0 Å². The molecule has 3 heteroatoms. The number of benzene rings is 1.